The van der Waals surface area contributed by atoms with Crippen molar-refractivity contribution in [1.82, 2.24) is 4.90 Å². The molecule has 1 saturated carbocycles. The van der Waals surface area contributed by atoms with Crippen LogP contribution in [0.2, 0.25) is 0 Å². The maximum Gasteiger partial charge on any atom is 0.335 e. The maximum atomic E-state index is 13.8. The van der Waals surface area contributed by atoms with Crippen LogP contribution in [0.25, 0.3) is 0 Å². The molecule has 3 aromatic rings. The zero-order valence-electron chi connectivity index (χ0n) is 18.2. The number of nitrogens with zero attached hydrogens (tertiary/aromatic N) is 1. The summed E-state index contributed by atoms with van der Waals surface area (Å²) in [6, 6.07) is 20.0. The Kier molecular flexibility index (Phi) is 7.03. The second-order valence-electron chi connectivity index (χ2n) is 8.39. The third kappa shape index (κ3) is 5.77. The molecule has 0 aromatic heterocycles. The number of hydrogen-bond acceptors (Lipinski definition) is 3. The molecule has 170 valence electrons. The standard InChI is InChI=1S/C27H26FNO4/c28-25-7-2-1-6-23(25)18-33-24-14-12-21(13-15-24)26(30)29(16-19-4-3-5-19)17-20-8-10-22(11-9-20)27(31)32/h1-2,6-15,19H,3-5,16-18H2,(H,31,32). The van der Waals surface area contributed by atoms with Gasteiger partial charge in [0, 0.05) is 24.2 Å². The van der Waals surface area contributed by atoms with Crippen LogP contribution in [0.15, 0.2) is 72.8 Å². The molecule has 3 aromatic carbocycles. The number of benzene rings is 3. The van der Waals surface area contributed by atoms with E-state index >= 15 is 0 Å². The summed E-state index contributed by atoms with van der Waals surface area (Å²) in [6.45, 7) is 1.20. The minimum absolute atomic E-state index is 0.0788. The van der Waals surface area contributed by atoms with Gasteiger partial charge in [-0.05, 0) is 66.8 Å². The van der Waals surface area contributed by atoms with E-state index in [1.165, 1.54) is 12.5 Å². The van der Waals surface area contributed by atoms with Gasteiger partial charge in [0.2, 0.25) is 0 Å². The highest BCUT2D eigenvalue weighted by Crippen LogP contribution is 2.28. The van der Waals surface area contributed by atoms with Crippen LogP contribution in [0, 0.1) is 11.7 Å². The lowest BCUT2D eigenvalue weighted by atomic mass is 9.85. The zero-order chi connectivity index (χ0) is 23.2. The maximum absolute atomic E-state index is 13.8. The Labute approximate surface area is 192 Å². The first-order valence-electron chi connectivity index (χ1n) is 11.1. The van der Waals surface area contributed by atoms with Gasteiger partial charge in [0.05, 0.1) is 5.56 Å². The Morgan fingerprint density at radius 1 is 0.939 bits per heavy atom. The number of aromatic carboxylic acids is 1. The number of amides is 1. The molecule has 5 nitrogen and oxygen atoms in total. The van der Waals surface area contributed by atoms with Crippen LogP contribution in [0.5, 0.6) is 5.75 Å². The lowest BCUT2D eigenvalue weighted by Gasteiger charge is -2.32. The molecule has 0 bridgehead atoms. The summed E-state index contributed by atoms with van der Waals surface area (Å²) in [6.07, 6.45) is 3.42. The van der Waals surface area contributed by atoms with Crippen molar-refractivity contribution in [2.75, 3.05) is 6.54 Å². The van der Waals surface area contributed by atoms with E-state index in [1.807, 2.05) is 4.90 Å². The highest BCUT2D eigenvalue weighted by molar-refractivity contribution is 5.94. The number of hydrogen-bond donors (Lipinski definition) is 1. The van der Waals surface area contributed by atoms with Crippen molar-refractivity contribution in [2.45, 2.75) is 32.4 Å². The van der Waals surface area contributed by atoms with Crippen molar-refractivity contribution in [1.29, 1.82) is 0 Å². The molecule has 1 fully saturated rings. The van der Waals surface area contributed by atoms with Crippen molar-refractivity contribution in [3.8, 4) is 5.75 Å². The zero-order valence-corrected chi connectivity index (χ0v) is 18.2. The minimum Gasteiger partial charge on any atom is -0.489 e. The fraction of sp³-hybridized carbons (Fsp3) is 0.259. The summed E-state index contributed by atoms with van der Waals surface area (Å²) in [5.41, 5.74) is 2.13. The first-order chi connectivity index (χ1) is 16.0. The lowest BCUT2D eigenvalue weighted by Crippen LogP contribution is -2.37. The summed E-state index contributed by atoms with van der Waals surface area (Å²) in [7, 11) is 0. The van der Waals surface area contributed by atoms with Gasteiger partial charge in [0.1, 0.15) is 18.2 Å². The predicted octanol–water partition coefficient (Wildman–Crippen LogP) is 5.55. The number of carbonyl (C=O) groups excluding carboxylic acids is 1. The van der Waals surface area contributed by atoms with Crippen molar-refractivity contribution in [3.63, 3.8) is 0 Å². The Bertz CT molecular complexity index is 1110. The van der Waals surface area contributed by atoms with Crippen LogP contribution < -0.4 is 4.74 Å². The van der Waals surface area contributed by atoms with Crippen LogP contribution in [0.4, 0.5) is 4.39 Å². The Morgan fingerprint density at radius 3 is 2.21 bits per heavy atom. The van der Waals surface area contributed by atoms with Crippen LogP contribution >= 0.6 is 0 Å². The second kappa shape index (κ2) is 10.3. The van der Waals surface area contributed by atoms with Gasteiger partial charge in [-0.2, -0.15) is 0 Å². The number of carbonyl (C=O) groups is 2. The van der Waals surface area contributed by atoms with E-state index in [-0.39, 0.29) is 23.9 Å². The number of ether oxygens (including phenoxy) is 1. The van der Waals surface area contributed by atoms with Gasteiger partial charge >= 0.3 is 5.97 Å². The molecule has 1 amide bonds. The second-order valence-corrected chi connectivity index (χ2v) is 8.39. The van der Waals surface area contributed by atoms with E-state index < -0.39 is 5.97 Å². The van der Waals surface area contributed by atoms with Gasteiger partial charge in [0.15, 0.2) is 0 Å². The van der Waals surface area contributed by atoms with Crippen molar-refractivity contribution >= 4 is 11.9 Å². The molecular weight excluding hydrogens is 421 g/mol. The summed E-state index contributed by atoms with van der Waals surface area (Å²) < 4.78 is 19.4. The topological polar surface area (TPSA) is 66.8 Å². The molecule has 0 unspecified atom stereocenters. The molecular formula is C27H26FNO4. The Morgan fingerprint density at radius 2 is 1.61 bits per heavy atom. The van der Waals surface area contributed by atoms with Crippen molar-refractivity contribution in [2.24, 2.45) is 5.92 Å². The normalized spacial score (nSPS) is 13.2. The third-order valence-corrected chi connectivity index (χ3v) is 6.02. The average molecular weight is 448 g/mol. The van der Waals surface area contributed by atoms with Crippen LogP contribution in [0.1, 0.15) is 51.1 Å². The summed E-state index contributed by atoms with van der Waals surface area (Å²) in [5.74, 6) is -0.307. The first-order valence-corrected chi connectivity index (χ1v) is 11.1. The molecule has 6 heteroatoms. The van der Waals surface area contributed by atoms with Crippen LogP contribution in [-0.2, 0) is 13.2 Å². The molecule has 4 rings (SSSR count). The monoisotopic (exact) mass is 447 g/mol. The first kappa shape index (κ1) is 22.5. The van der Waals surface area contributed by atoms with Gasteiger partial charge in [-0.3, -0.25) is 4.79 Å². The van der Waals surface area contributed by atoms with Gasteiger partial charge in [-0.15, -0.1) is 0 Å². The lowest BCUT2D eigenvalue weighted by molar-refractivity contribution is 0.0674. The summed E-state index contributed by atoms with van der Waals surface area (Å²) in [4.78, 5) is 26.2. The molecule has 1 aliphatic rings. The minimum atomic E-state index is -0.971. The molecule has 0 spiro atoms. The third-order valence-electron chi connectivity index (χ3n) is 6.02. The Balaban J connectivity index is 1.43. The number of halogens is 1. The molecule has 0 radical (unpaired) electrons. The predicted molar refractivity (Wildman–Crippen MR) is 123 cm³/mol. The van der Waals surface area contributed by atoms with E-state index in [0.717, 1.165) is 18.4 Å². The molecule has 0 heterocycles. The fourth-order valence-electron chi connectivity index (χ4n) is 3.83. The number of carboxylic acids is 1. The molecule has 1 aliphatic carbocycles. The summed E-state index contributed by atoms with van der Waals surface area (Å²) in [5, 5.41) is 9.10. The van der Waals surface area contributed by atoms with E-state index in [1.54, 1.807) is 66.7 Å². The van der Waals surface area contributed by atoms with E-state index in [4.69, 9.17) is 9.84 Å². The Hall–Kier alpha value is -3.67. The van der Waals surface area contributed by atoms with Crippen LogP contribution in [0.3, 0.4) is 0 Å². The fourth-order valence-corrected chi connectivity index (χ4v) is 3.83. The number of carboxylic acid groups (broad SMARTS) is 1. The van der Waals surface area contributed by atoms with Gasteiger partial charge in [-0.1, -0.05) is 36.8 Å². The summed E-state index contributed by atoms with van der Waals surface area (Å²) >= 11 is 0. The van der Waals surface area contributed by atoms with E-state index in [0.29, 0.717) is 35.9 Å². The largest absolute Gasteiger partial charge is 0.489 e. The average Bonchev–Trinajstić information content (AvgIpc) is 2.80. The van der Waals surface area contributed by atoms with Crippen molar-refractivity contribution < 1.29 is 23.8 Å². The van der Waals surface area contributed by atoms with E-state index in [2.05, 4.69) is 0 Å². The smallest absolute Gasteiger partial charge is 0.335 e. The molecule has 33 heavy (non-hydrogen) atoms. The quantitative estimate of drug-likeness (QED) is 0.467. The number of rotatable bonds is 9. The molecule has 1 N–H and O–H groups in total. The van der Waals surface area contributed by atoms with Gasteiger partial charge in [-0.25, -0.2) is 9.18 Å². The molecule has 0 saturated heterocycles. The van der Waals surface area contributed by atoms with E-state index in [9.17, 15) is 14.0 Å². The van der Waals surface area contributed by atoms with Crippen molar-refractivity contribution in [3.05, 3.63) is 101 Å². The molecule has 0 aliphatic heterocycles. The van der Waals surface area contributed by atoms with Gasteiger partial charge in [0.25, 0.3) is 5.91 Å². The van der Waals surface area contributed by atoms with Crippen LogP contribution in [-0.4, -0.2) is 28.4 Å². The highest BCUT2D eigenvalue weighted by atomic mass is 19.1. The SMILES string of the molecule is O=C(O)c1ccc(CN(CC2CCC2)C(=O)c2ccc(OCc3ccccc3F)cc2)cc1. The highest BCUT2D eigenvalue weighted by Gasteiger charge is 2.24. The van der Waals surface area contributed by atoms with Gasteiger partial charge < -0.3 is 14.7 Å². The molecule has 0 atom stereocenters.